The fourth-order valence-corrected chi connectivity index (χ4v) is 4.34. The quantitative estimate of drug-likeness (QED) is 0.524. The van der Waals surface area contributed by atoms with Gasteiger partial charge in [-0.25, -0.2) is 19.7 Å². The number of hydrogen-bond acceptors (Lipinski definition) is 9. The molecule has 194 valence electrons. The Bertz CT molecular complexity index is 1190. The van der Waals surface area contributed by atoms with Gasteiger partial charge in [0.15, 0.2) is 17.4 Å². The van der Waals surface area contributed by atoms with Gasteiger partial charge in [0, 0.05) is 50.5 Å². The van der Waals surface area contributed by atoms with E-state index in [0.29, 0.717) is 36.3 Å². The Morgan fingerprint density at radius 2 is 1.65 bits per heavy atom. The Labute approximate surface area is 216 Å². The smallest absolute Gasteiger partial charge is 0.324 e. The number of rotatable bonds is 6. The van der Waals surface area contributed by atoms with E-state index in [1.54, 1.807) is 19.5 Å². The molecule has 0 atom stereocenters. The normalized spacial score (nSPS) is 16.4. The van der Waals surface area contributed by atoms with Crippen molar-refractivity contribution in [1.82, 2.24) is 19.9 Å². The maximum absolute atomic E-state index is 12.5. The lowest BCUT2D eigenvalue weighted by Crippen LogP contribution is -2.44. The fraction of sp³-hybridized carbons (Fsp3) is 0.385. The molecule has 1 aromatic carbocycles. The Balaban J connectivity index is 1.19. The molecular formula is C26H32N8O3. The van der Waals surface area contributed by atoms with Gasteiger partial charge in [-0.3, -0.25) is 5.32 Å². The Morgan fingerprint density at radius 3 is 2.32 bits per heavy atom. The van der Waals surface area contributed by atoms with E-state index in [1.165, 1.54) is 0 Å². The number of methoxy groups -OCH3 is 1. The zero-order valence-corrected chi connectivity index (χ0v) is 21.2. The number of morpholine rings is 1. The zero-order valence-electron chi connectivity index (χ0n) is 21.2. The number of anilines is 4. The number of likely N-dealkylation sites (N-methyl/N-ethyl adjacent to an activating group) is 1. The van der Waals surface area contributed by atoms with Gasteiger partial charge in [0.1, 0.15) is 5.82 Å². The minimum atomic E-state index is -0.358. The van der Waals surface area contributed by atoms with E-state index in [2.05, 4.69) is 42.3 Å². The summed E-state index contributed by atoms with van der Waals surface area (Å²) >= 11 is 0. The largest absolute Gasteiger partial charge is 0.491 e. The van der Waals surface area contributed by atoms with E-state index < -0.39 is 0 Å². The summed E-state index contributed by atoms with van der Waals surface area (Å²) in [6, 6.07) is 10.9. The van der Waals surface area contributed by atoms with Crippen LogP contribution in [0.1, 0.15) is 0 Å². The van der Waals surface area contributed by atoms with Crippen molar-refractivity contribution in [2.24, 2.45) is 0 Å². The first-order chi connectivity index (χ1) is 18.1. The topological polar surface area (TPSA) is 108 Å². The molecule has 37 heavy (non-hydrogen) atoms. The summed E-state index contributed by atoms with van der Waals surface area (Å²) in [5.41, 5.74) is 2.55. The molecule has 0 aliphatic carbocycles. The van der Waals surface area contributed by atoms with E-state index in [9.17, 15) is 4.79 Å². The molecule has 2 aliphatic rings. The Kier molecular flexibility index (Phi) is 7.62. The summed E-state index contributed by atoms with van der Waals surface area (Å²) in [6.45, 7) is 6.80. The van der Waals surface area contributed by atoms with Crippen LogP contribution in [0.4, 0.5) is 27.8 Å². The van der Waals surface area contributed by atoms with Crippen LogP contribution >= 0.6 is 0 Å². The number of amides is 2. The number of nitrogens with one attached hydrogen (secondary N) is 2. The molecule has 4 heterocycles. The molecule has 0 bridgehead atoms. The molecule has 5 rings (SSSR count). The van der Waals surface area contributed by atoms with E-state index in [4.69, 9.17) is 14.5 Å². The molecule has 2 amide bonds. The number of urea groups is 1. The van der Waals surface area contributed by atoms with Gasteiger partial charge in [-0.1, -0.05) is 0 Å². The summed E-state index contributed by atoms with van der Waals surface area (Å²) in [4.78, 5) is 32.9. The second-order valence-electron chi connectivity index (χ2n) is 9.03. The highest BCUT2D eigenvalue weighted by molar-refractivity contribution is 5.99. The Morgan fingerprint density at radius 1 is 0.892 bits per heavy atom. The summed E-state index contributed by atoms with van der Waals surface area (Å²) < 4.78 is 10.9. The van der Waals surface area contributed by atoms with Gasteiger partial charge in [0.25, 0.3) is 0 Å². The van der Waals surface area contributed by atoms with Crippen molar-refractivity contribution in [3.8, 4) is 17.1 Å². The minimum absolute atomic E-state index is 0.358. The molecule has 2 saturated heterocycles. The number of nitrogens with zero attached hydrogens (tertiary/aromatic N) is 6. The number of carbonyl (C=O) groups is 1. The van der Waals surface area contributed by atoms with Crippen LogP contribution in [0.15, 0.2) is 48.8 Å². The van der Waals surface area contributed by atoms with Crippen LogP contribution in [0.3, 0.4) is 0 Å². The second kappa shape index (κ2) is 11.4. The van der Waals surface area contributed by atoms with Crippen molar-refractivity contribution in [2.45, 2.75) is 0 Å². The van der Waals surface area contributed by atoms with Gasteiger partial charge in [0.05, 0.1) is 38.4 Å². The van der Waals surface area contributed by atoms with Crippen LogP contribution in [0, 0.1) is 0 Å². The van der Waals surface area contributed by atoms with Crippen molar-refractivity contribution < 1.29 is 14.3 Å². The molecule has 0 radical (unpaired) electrons. The third-order valence-electron chi connectivity index (χ3n) is 6.53. The molecule has 0 saturated carbocycles. The van der Waals surface area contributed by atoms with Gasteiger partial charge in [-0.2, -0.15) is 0 Å². The second-order valence-corrected chi connectivity index (χ2v) is 9.03. The number of piperazine rings is 1. The number of hydrogen-bond donors (Lipinski definition) is 2. The van der Waals surface area contributed by atoms with Gasteiger partial charge in [-0.05, 0) is 43.4 Å². The predicted molar refractivity (Wildman–Crippen MR) is 144 cm³/mol. The number of aromatic nitrogens is 3. The average molecular weight is 505 g/mol. The van der Waals surface area contributed by atoms with E-state index in [1.807, 2.05) is 36.4 Å². The molecule has 11 heteroatoms. The lowest BCUT2D eigenvalue weighted by atomic mass is 10.2. The highest BCUT2D eigenvalue weighted by Gasteiger charge is 2.19. The van der Waals surface area contributed by atoms with Crippen molar-refractivity contribution in [3.05, 3.63) is 48.8 Å². The lowest BCUT2D eigenvalue weighted by molar-refractivity contribution is 0.122. The molecular weight excluding hydrogens is 472 g/mol. The lowest BCUT2D eigenvalue weighted by Gasteiger charge is -2.33. The van der Waals surface area contributed by atoms with E-state index >= 15 is 0 Å². The minimum Gasteiger partial charge on any atom is -0.491 e. The highest BCUT2D eigenvalue weighted by Crippen LogP contribution is 2.29. The number of benzene rings is 1. The standard InChI is InChI=1S/C26H32N8O3/c1-32-9-11-33(12-10-32)21-7-8-23(27-17-21)30-26(35)29-20-5-3-19(4-6-20)24-28-18-22(36-2)25(31-24)34-13-15-37-16-14-34/h3-8,17-18H,9-16H2,1-2H3,(H2,27,29,30,35). The average Bonchev–Trinajstić information content (AvgIpc) is 2.94. The molecule has 0 unspecified atom stereocenters. The molecule has 2 N–H and O–H groups in total. The van der Waals surface area contributed by atoms with Crippen LogP contribution in [0.5, 0.6) is 5.75 Å². The van der Waals surface area contributed by atoms with Crippen LogP contribution in [-0.4, -0.2) is 92.5 Å². The van der Waals surface area contributed by atoms with Gasteiger partial charge >= 0.3 is 6.03 Å². The van der Waals surface area contributed by atoms with Crippen molar-refractivity contribution in [2.75, 3.05) is 87.1 Å². The molecule has 0 spiro atoms. The molecule has 2 aromatic heterocycles. The first-order valence-corrected chi connectivity index (χ1v) is 12.4. The van der Waals surface area contributed by atoms with Gasteiger partial charge in [0.2, 0.25) is 0 Å². The van der Waals surface area contributed by atoms with Crippen LogP contribution < -0.4 is 25.2 Å². The van der Waals surface area contributed by atoms with Crippen molar-refractivity contribution in [3.63, 3.8) is 0 Å². The monoisotopic (exact) mass is 504 g/mol. The predicted octanol–water partition coefficient (Wildman–Crippen LogP) is 2.78. The zero-order chi connectivity index (χ0) is 25.6. The first-order valence-electron chi connectivity index (χ1n) is 12.4. The molecule has 3 aromatic rings. The molecule has 2 fully saturated rings. The van der Waals surface area contributed by atoms with E-state index in [-0.39, 0.29) is 6.03 Å². The van der Waals surface area contributed by atoms with Crippen molar-refractivity contribution in [1.29, 1.82) is 0 Å². The number of carbonyl (C=O) groups excluding carboxylic acids is 1. The first kappa shape index (κ1) is 24.7. The van der Waals surface area contributed by atoms with E-state index in [0.717, 1.165) is 56.3 Å². The van der Waals surface area contributed by atoms with Crippen LogP contribution in [0.25, 0.3) is 11.4 Å². The summed E-state index contributed by atoms with van der Waals surface area (Å²) in [5, 5.41) is 5.63. The maximum atomic E-state index is 12.5. The van der Waals surface area contributed by atoms with Crippen molar-refractivity contribution >= 4 is 29.0 Å². The maximum Gasteiger partial charge on any atom is 0.324 e. The summed E-state index contributed by atoms with van der Waals surface area (Å²) in [7, 11) is 3.75. The molecule has 2 aliphatic heterocycles. The SMILES string of the molecule is COc1cnc(-c2ccc(NC(=O)Nc3ccc(N4CCN(C)CC4)cn3)cc2)nc1N1CCOCC1. The Hall–Kier alpha value is -3.96. The molecule has 11 nitrogen and oxygen atoms in total. The number of pyridine rings is 1. The van der Waals surface area contributed by atoms with Crippen LogP contribution in [0.2, 0.25) is 0 Å². The third kappa shape index (κ3) is 6.07. The third-order valence-corrected chi connectivity index (χ3v) is 6.53. The van der Waals surface area contributed by atoms with Crippen LogP contribution in [-0.2, 0) is 4.74 Å². The van der Waals surface area contributed by atoms with Gasteiger partial charge in [-0.15, -0.1) is 0 Å². The summed E-state index contributed by atoms with van der Waals surface area (Å²) in [6.07, 6.45) is 3.49. The van der Waals surface area contributed by atoms with Gasteiger partial charge < -0.3 is 29.5 Å². The number of ether oxygens (including phenoxy) is 2. The highest BCUT2D eigenvalue weighted by atomic mass is 16.5. The fourth-order valence-electron chi connectivity index (χ4n) is 4.34. The summed E-state index contributed by atoms with van der Waals surface area (Å²) in [5.74, 6) is 2.46.